The minimum Gasteiger partial charge on any atom is -0.424 e. The van der Waals surface area contributed by atoms with Crippen molar-refractivity contribution in [3.8, 4) is 68.8 Å². The highest BCUT2D eigenvalue weighted by atomic mass is 127. The number of hydrogen-bond acceptors (Lipinski definition) is 10. The van der Waals surface area contributed by atoms with Gasteiger partial charge >= 0.3 is 12.0 Å². The third kappa shape index (κ3) is 10.1. The van der Waals surface area contributed by atoms with Crippen LogP contribution >= 0.6 is 45.2 Å². The molecule has 0 spiro atoms. The van der Waals surface area contributed by atoms with Crippen LogP contribution in [0.25, 0.3) is 45.3 Å². The molecule has 0 bridgehead atoms. The van der Waals surface area contributed by atoms with Gasteiger partial charge in [0.25, 0.3) is 0 Å². The fraction of sp³-hybridized carbons (Fsp3) is 0.296. The van der Waals surface area contributed by atoms with Crippen LogP contribution in [-0.4, -0.2) is 65.2 Å². The molecule has 2 aliphatic heterocycles. The van der Waals surface area contributed by atoms with E-state index >= 15 is 0 Å². The minimum atomic E-state index is -0.0283. The summed E-state index contributed by atoms with van der Waals surface area (Å²) in [5, 5.41) is 7.22. The number of rotatable bonds is 12. The van der Waals surface area contributed by atoms with E-state index in [0.717, 1.165) is 99.9 Å². The highest BCUT2D eigenvalue weighted by molar-refractivity contribution is 14.1. The number of piperidine rings is 2. The van der Waals surface area contributed by atoms with Crippen LogP contribution in [0.1, 0.15) is 76.1 Å². The van der Waals surface area contributed by atoms with E-state index in [4.69, 9.17) is 29.4 Å². The number of halogens is 2. The van der Waals surface area contributed by atoms with E-state index in [0.29, 0.717) is 17.5 Å². The van der Waals surface area contributed by atoms with Crippen LogP contribution in [0.3, 0.4) is 0 Å². The monoisotopic (exact) mass is 1130 g/mol. The van der Waals surface area contributed by atoms with Gasteiger partial charge in [0.1, 0.15) is 11.5 Å². The molecule has 4 aromatic heterocycles. The maximum Gasteiger partial charge on any atom is 0.322 e. The molecule has 14 heteroatoms. The summed E-state index contributed by atoms with van der Waals surface area (Å²) >= 11 is 4.69. The molecule has 346 valence electrons. The Bertz CT molecular complexity index is 3010. The molecular weight excluding hydrogens is 1070 g/mol. The molecule has 4 aromatic carbocycles. The number of nitrogens with one attached hydrogen (secondary N) is 2. The van der Waals surface area contributed by atoms with Crippen molar-refractivity contribution in [3.05, 3.63) is 153 Å². The zero-order valence-corrected chi connectivity index (χ0v) is 42.9. The largest absolute Gasteiger partial charge is 0.424 e. The fourth-order valence-electron chi connectivity index (χ4n) is 9.59. The first-order valence-corrected chi connectivity index (χ1v) is 25.5. The quantitative estimate of drug-likeness (QED) is 0.114. The Labute approximate surface area is 425 Å². The maximum atomic E-state index is 6.55. The van der Waals surface area contributed by atoms with Gasteiger partial charge in [0.2, 0.25) is 0 Å². The van der Waals surface area contributed by atoms with Crippen molar-refractivity contribution >= 4 is 45.2 Å². The lowest BCUT2D eigenvalue weighted by Gasteiger charge is -2.38. The molecular formula is C54H54I2N10O2. The molecule has 2 saturated heterocycles. The zero-order chi connectivity index (χ0) is 46.8. The molecule has 2 fully saturated rings. The maximum absolute atomic E-state index is 6.55. The number of benzene rings is 4. The van der Waals surface area contributed by atoms with Gasteiger partial charge in [-0.3, -0.25) is 0 Å². The second-order valence-electron chi connectivity index (χ2n) is 18.7. The van der Waals surface area contributed by atoms with Crippen LogP contribution in [0.15, 0.2) is 134 Å². The summed E-state index contributed by atoms with van der Waals surface area (Å²) in [7, 11) is 0. The number of imidazole rings is 2. The second kappa shape index (κ2) is 20.2. The first-order chi connectivity index (χ1) is 33.1. The zero-order valence-electron chi connectivity index (χ0n) is 38.6. The van der Waals surface area contributed by atoms with Crippen LogP contribution in [0.4, 0.5) is 0 Å². The van der Waals surface area contributed by atoms with Crippen molar-refractivity contribution in [1.29, 1.82) is 0 Å². The number of hydrogen-bond donors (Lipinski definition) is 2. The van der Waals surface area contributed by atoms with Gasteiger partial charge in [-0.15, -0.1) is 0 Å². The molecule has 3 unspecified atom stereocenters. The molecule has 3 atom stereocenters. The highest BCUT2D eigenvalue weighted by Crippen LogP contribution is 2.43. The lowest BCUT2D eigenvalue weighted by Crippen LogP contribution is -2.40. The summed E-state index contributed by atoms with van der Waals surface area (Å²) in [6.45, 7) is 12.5. The SMILES string of the molecule is CC(c1cccc(Oc2nccc(-c3c(-c4ccc(I)cc4)ncn3C3CCNCC3)n2)c1)C1CNCCC1n1cnc(-c2ccc(I)cc2)c1-c1ccnc(Oc2cccc(C(C)(C)C)c2)n1. The molecule has 0 amide bonds. The van der Waals surface area contributed by atoms with Gasteiger partial charge in [-0.05, 0) is 173 Å². The number of aromatic nitrogens is 8. The van der Waals surface area contributed by atoms with Gasteiger partial charge in [-0.2, -0.15) is 9.97 Å². The van der Waals surface area contributed by atoms with E-state index in [9.17, 15) is 0 Å². The molecule has 2 aliphatic rings. The highest BCUT2D eigenvalue weighted by Gasteiger charge is 2.35. The molecule has 12 nitrogen and oxygen atoms in total. The molecule has 0 saturated carbocycles. The predicted molar refractivity (Wildman–Crippen MR) is 284 cm³/mol. The molecule has 6 heterocycles. The Hall–Kier alpha value is -5.56. The van der Waals surface area contributed by atoms with Gasteiger partial charge < -0.3 is 29.2 Å². The van der Waals surface area contributed by atoms with E-state index in [2.05, 4.69) is 181 Å². The smallest absolute Gasteiger partial charge is 0.322 e. The third-order valence-corrected chi connectivity index (χ3v) is 14.7. The van der Waals surface area contributed by atoms with Crippen LogP contribution in [0.2, 0.25) is 0 Å². The van der Waals surface area contributed by atoms with Gasteiger partial charge in [0, 0.05) is 49.3 Å². The molecule has 0 aliphatic carbocycles. The minimum absolute atomic E-state index is 0.0283. The molecule has 8 aromatic rings. The standard InChI is InChI=1S/C54H54I2N10O2/c1-34(37-7-5-9-42(29-37)67-52-59-27-21-45(63-52)50-48(35-11-15-39(55)16-12-35)61-32-65(50)41-19-24-57-25-20-41)44-31-58-26-23-47(44)66-33-62-49(36-13-17-40(56)18-14-36)51(66)46-22-28-60-53(64-46)68-43-10-6-8-38(30-43)54(2,3)4/h5-18,21-22,27-30,32-34,41,44,47,57-58H,19-20,23-26,31H2,1-4H3. The van der Waals surface area contributed by atoms with Crippen LogP contribution < -0.4 is 20.1 Å². The summed E-state index contributed by atoms with van der Waals surface area (Å²) in [4.78, 5) is 29.4. The van der Waals surface area contributed by atoms with E-state index in [1.165, 1.54) is 9.13 Å². The van der Waals surface area contributed by atoms with Gasteiger partial charge in [-0.25, -0.2) is 19.9 Å². The summed E-state index contributed by atoms with van der Waals surface area (Å²) in [5.41, 5.74) is 9.59. The van der Waals surface area contributed by atoms with Crippen molar-refractivity contribution in [2.24, 2.45) is 5.92 Å². The topological polar surface area (TPSA) is 130 Å². The second-order valence-corrected chi connectivity index (χ2v) is 21.2. The first-order valence-electron chi connectivity index (χ1n) is 23.4. The lowest BCUT2D eigenvalue weighted by molar-refractivity contribution is 0.227. The average molecular weight is 1130 g/mol. The van der Waals surface area contributed by atoms with E-state index < -0.39 is 0 Å². The molecule has 10 rings (SSSR count). The Balaban J connectivity index is 0.950. The Kier molecular flexibility index (Phi) is 13.7. The lowest BCUT2D eigenvalue weighted by atomic mass is 9.79. The molecule has 68 heavy (non-hydrogen) atoms. The third-order valence-electron chi connectivity index (χ3n) is 13.3. The first kappa shape index (κ1) is 46.2. The van der Waals surface area contributed by atoms with Crippen LogP contribution in [0, 0.1) is 13.1 Å². The summed E-state index contributed by atoms with van der Waals surface area (Å²) < 4.78 is 19.9. The van der Waals surface area contributed by atoms with E-state index in [-0.39, 0.29) is 35.3 Å². The molecule has 2 N–H and O–H groups in total. The predicted octanol–water partition coefficient (Wildman–Crippen LogP) is 12.3. The van der Waals surface area contributed by atoms with Gasteiger partial charge in [0.05, 0.1) is 46.8 Å². The Morgan fingerprint density at radius 1 is 0.618 bits per heavy atom. The van der Waals surface area contributed by atoms with Gasteiger partial charge in [0.15, 0.2) is 0 Å². The van der Waals surface area contributed by atoms with E-state index in [1.807, 2.05) is 43.0 Å². The number of ether oxygens (including phenoxy) is 2. The van der Waals surface area contributed by atoms with Crippen molar-refractivity contribution in [2.45, 2.75) is 70.4 Å². The van der Waals surface area contributed by atoms with Crippen LogP contribution in [0.5, 0.6) is 23.5 Å². The summed E-state index contributed by atoms with van der Waals surface area (Å²) in [6.07, 6.45) is 10.5. The van der Waals surface area contributed by atoms with Crippen molar-refractivity contribution < 1.29 is 9.47 Å². The summed E-state index contributed by atoms with van der Waals surface area (Å²) in [5.74, 6) is 1.72. The summed E-state index contributed by atoms with van der Waals surface area (Å²) in [6, 6.07) is 38.4. The van der Waals surface area contributed by atoms with E-state index in [1.54, 1.807) is 12.4 Å². The van der Waals surface area contributed by atoms with Crippen molar-refractivity contribution in [3.63, 3.8) is 0 Å². The number of nitrogens with zero attached hydrogens (tertiary/aromatic N) is 8. The fourth-order valence-corrected chi connectivity index (χ4v) is 10.3. The van der Waals surface area contributed by atoms with Gasteiger partial charge in [-0.1, -0.05) is 76.2 Å². The Morgan fingerprint density at radius 3 is 1.76 bits per heavy atom. The van der Waals surface area contributed by atoms with Crippen molar-refractivity contribution in [2.75, 3.05) is 26.2 Å². The van der Waals surface area contributed by atoms with Crippen molar-refractivity contribution in [1.82, 2.24) is 49.7 Å². The van der Waals surface area contributed by atoms with Crippen LogP contribution in [-0.2, 0) is 5.41 Å². The molecule has 0 radical (unpaired) electrons. The normalized spacial score (nSPS) is 17.2. The Morgan fingerprint density at radius 2 is 1.16 bits per heavy atom. The average Bonchev–Trinajstić information content (AvgIpc) is 4.01.